The van der Waals surface area contributed by atoms with Crippen molar-refractivity contribution in [3.8, 4) is 0 Å². The van der Waals surface area contributed by atoms with Gasteiger partial charge in [-0.15, -0.1) is 0 Å². The van der Waals surface area contributed by atoms with Gasteiger partial charge in [-0.1, -0.05) is 11.6 Å². The lowest BCUT2D eigenvalue weighted by Gasteiger charge is -2.33. The summed E-state index contributed by atoms with van der Waals surface area (Å²) in [5.74, 6) is -1.93. The Bertz CT molecular complexity index is 608. The molecule has 1 aromatic rings. The summed E-state index contributed by atoms with van der Waals surface area (Å²) in [6, 6.07) is -0.0130. The lowest BCUT2D eigenvalue weighted by atomic mass is 10.1. The van der Waals surface area contributed by atoms with Crippen LogP contribution < -0.4 is 5.32 Å². The molecule has 0 spiro atoms. The first-order valence-corrected chi connectivity index (χ1v) is 6.34. The van der Waals surface area contributed by atoms with Gasteiger partial charge in [0.2, 0.25) is 0 Å². The summed E-state index contributed by atoms with van der Waals surface area (Å²) in [5, 5.41) is 22.9. The second kappa shape index (κ2) is 6.02. The topological polar surface area (TPSA) is 126 Å². The van der Waals surface area contributed by atoms with Crippen LogP contribution in [0.15, 0.2) is 12.3 Å². The minimum absolute atomic E-state index is 0.0771. The Hall–Kier alpha value is -2.26. The third-order valence-corrected chi connectivity index (χ3v) is 3.27. The molecule has 2 N–H and O–H groups in total. The number of rotatable bonds is 3. The third kappa shape index (κ3) is 3.09. The van der Waals surface area contributed by atoms with Crippen LogP contribution in [-0.2, 0) is 4.79 Å². The summed E-state index contributed by atoms with van der Waals surface area (Å²) in [7, 11) is 0. The normalized spacial score (nSPS) is 18.3. The van der Waals surface area contributed by atoms with Crippen LogP contribution >= 0.6 is 11.6 Å². The molecule has 0 aromatic carbocycles. The van der Waals surface area contributed by atoms with E-state index < -0.39 is 28.5 Å². The number of carboxylic acids is 1. The average Bonchev–Trinajstić information content (AvgIpc) is 2.46. The van der Waals surface area contributed by atoms with E-state index in [1.807, 2.05) is 0 Å². The van der Waals surface area contributed by atoms with Gasteiger partial charge in [-0.3, -0.25) is 14.9 Å². The number of piperazine rings is 1. The SMILES string of the molecule is O=C(O)C1CNCCN1C(=O)c1cc(Cl)ncc1[N+](=O)[O-]. The van der Waals surface area contributed by atoms with E-state index in [0.29, 0.717) is 6.54 Å². The Morgan fingerprint density at radius 2 is 2.29 bits per heavy atom. The predicted octanol–water partition coefficient (Wildman–Crippen LogP) is 0.142. The highest BCUT2D eigenvalue weighted by molar-refractivity contribution is 6.29. The van der Waals surface area contributed by atoms with Crippen molar-refractivity contribution in [3.63, 3.8) is 0 Å². The number of pyridine rings is 1. The van der Waals surface area contributed by atoms with Gasteiger partial charge in [0.1, 0.15) is 23.0 Å². The van der Waals surface area contributed by atoms with Crippen molar-refractivity contribution < 1.29 is 19.6 Å². The largest absolute Gasteiger partial charge is 0.480 e. The van der Waals surface area contributed by atoms with E-state index in [1.165, 1.54) is 0 Å². The number of halogens is 1. The molecule has 2 rings (SSSR count). The molecule has 1 unspecified atom stereocenters. The average molecular weight is 315 g/mol. The lowest BCUT2D eigenvalue weighted by Crippen LogP contribution is -2.57. The van der Waals surface area contributed by atoms with Crippen LogP contribution in [-0.4, -0.2) is 57.5 Å². The number of hydrogen-bond acceptors (Lipinski definition) is 6. The van der Waals surface area contributed by atoms with Crippen molar-refractivity contribution >= 4 is 29.2 Å². The number of aromatic nitrogens is 1. The van der Waals surface area contributed by atoms with Gasteiger partial charge in [-0.05, 0) is 6.07 Å². The number of aliphatic carboxylic acids is 1. The zero-order valence-corrected chi connectivity index (χ0v) is 11.4. The van der Waals surface area contributed by atoms with Gasteiger partial charge in [0.15, 0.2) is 0 Å². The van der Waals surface area contributed by atoms with Gasteiger partial charge < -0.3 is 15.3 Å². The summed E-state index contributed by atoms with van der Waals surface area (Å²) >= 11 is 5.67. The molecule has 21 heavy (non-hydrogen) atoms. The number of hydrogen-bond donors (Lipinski definition) is 2. The Morgan fingerprint density at radius 3 is 2.90 bits per heavy atom. The molecule has 1 saturated heterocycles. The number of carbonyl (C=O) groups excluding carboxylic acids is 1. The molecule has 0 bridgehead atoms. The maximum absolute atomic E-state index is 12.4. The summed E-state index contributed by atoms with van der Waals surface area (Å²) in [6.45, 7) is 0.614. The standard InChI is InChI=1S/C11H11ClN4O5/c12-9-3-6(7(5-14-9)16(20)21)10(17)15-2-1-13-4-8(15)11(18)19/h3,5,8,13H,1-2,4H2,(H,18,19). The molecule has 1 aromatic heterocycles. The van der Waals surface area contributed by atoms with Crippen molar-refractivity contribution in [2.45, 2.75) is 6.04 Å². The molecule has 2 heterocycles. The number of nitro groups is 1. The third-order valence-electron chi connectivity index (χ3n) is 3.07. The first-order valence-electron chi connectivity index (χ1n) is 5.96. The number of nitrogens with one attached hydrogen (secondary N) is 1. The van der Waals surface area contributed by atoms with Crippen LogP contribution in [0.3, 0.4) is 0 Å². The van der Waals surface area contributed by atoms with E-state index in [1.54, 1.807) is 0 Å². The molecule has 1 aliphatic rings. The van der Waals surface area contributed by atoms with Gasteiger partial charge in [0.25, 0.3) is 11.6 Å². The van der Waals surface area contributed by atoms with E-state index in [-0.39, 0.29) is 23.8 Å². The van der Waals surface area contributed by atoms with Crippen LogP contribution in [0.5, 0.6) is 0 Å². The number of carboxylic acid groups (broad SMARTS) is 1. The quantitative estimate of drug-likeness (QED) is 0.461. The zero-order chi connectivity index (χ0) is 15.6. The van der Waals surface area contributed by atoms with E-state index in [2.05, 4.69) is 10.3 Å². The van der Waals surface area contributed by atoms with E-state index >= 15 is 0 Å². The van der Waals surface area contributed by atoms with Gasteiger partial charge in [0, 0.05) is 19.6 Å². The monoisotopic (exact) mass is 314 g/mol. The maximum Gasteiger partial charge on any atom is 0.327 e. The molecule has 0 radical (unpaired) electrons. The maximum atomic E-state index is 12.4. The second-order valence-corrected chi connectivity index (χ2v) is 4.73. The Balaban J connectivity index is 2.40. The van der Waals surface area contributed by atoms with Gasteiger partial charge in [-0.25, -0.2) is 9.78 Å². The molecule has 9 nitrogen and oxygen atoms in total. The first-order chi connectivity index (χ1) is 9.91. The molecule has 1 fully saturated rings. The van der Waals surface area contributed by atoms with Crippen LogP contribution in [0.1, 0.15) is 10.4 Å². The van der Waals surface area contributed by atoms with E-state index in [0.717, 1.165) is 17.2 Å². The van der Waals surface area contributed by atoms with Crippen LogP contribution in [0.4, 0.5) is 5.69 Å². The van der Waals surface area contributed by atoms with Crippen LogP contribution in [0.25, 0.3) is 0 Å². The minimum Gasteiger partial charge on any atom is -0.480 e. The minimum atomic E-state index is -1.18. The molecule has 1 atom stereocenters. The van der Waals surface area contributed by atoms with Crippen LogP contribution in [0, 0.1) is 10.1 Å². The summed E-state index contributed by atoms with van der Waals surface area (Å²) in [6.07, 6.45) is 0.882. The summed E-state index contributed by atoms with van der Waals surface area (Å²) < 4.78 is 0. The fourth-order valence-electron chi connectivity index (χ4n) is 2.06. The fourth-order valence-corrected chi connectivity index (χ4v) is 2.22. The Kier molecular flexibility index (Phi) is 4.34. The second-order valence-electron chi connectivity index (χ2n) is 4.34. The number of amides is 1. The highest BCUT2D eigenvalue weighted by Crippen LogP contribution is 2.23. The van der Waals surface area contributed by atoms with Gasteiger partial charge in [-0.2, -0.15) is 0 Å². The molecule has 10 heteroatoms. The van der Waals surface area contributed by atoms with E-state index in [9.17, 15) is 19.7 Å². The van der Waals surface area contributed by atoms with Crippen molar-refractivity contribution in [1.29, 1.82) is 0 Å². The van der Waals surface area contributed by atoms with Crippen molar-refractivity contribution in [2.24, 2.45) is 0 Å². The molecular formula is C11H11ClN4O5. The Morgan fingerprint density at radius 1 is 1.57 bits per heavy atom. The predicted molar refractivity (Wildman–Crippen MR) is 71.2 cm³/mol. The summed E-state index contributed by atoms with van der Waals surface area (Å²) in [5.41, 5.74) is -0.778. The molecule has 1 aliphatic heterocycles. The van der Waals surface area contributed by atoms with Crippen molar-refractivity contribution in [3.05, 3.63) is 33.1 Å². The molecule has 112 valence electrons. The molecule has 1 amide bonds. The lowest BCUT2D eigenvalue weighted by molar-refractivity contribution is -0.385. The van der Waals surface area contributed by atoms with Crippen molar-refractivity contribution in [1.82, 2.24) is 15.2 Å². The van der Waals surface area contributed by atoms with Crippen molar-refractivity contribution in [2.75, 3.05) is 19.6 Å². The fraction of sp³-hybridized carbons (Fsp3) is 0.364. The smallest absolute Gasteiger partial charge is 0.327 e. The number of nitrogens with zero attached hydrogens (tertiary/aromatic N) is 3. The zero-order valence-electron chi connectivity index (χ0n) is 10.7. The highest BCUT2D eigenvalue weighted by Gasteiger charge is 2.35. The van der Waals surface area contributed by atoms with Gasteiger partial charge in [0.05, 0.1) is 4.92 Å². The molecular weight excluding hydrogens is 304 g/mol. The first kappa shape index (κ1) is 15.1. The summed E-state index contributed by atoms with van der Waals surface area (Å²) in [4.78, 5) is 38.5. The van der Waals surface area contributed by atoms with E-state index in [4.69, 9.17) is 16.7 Å². The molecule has 0 aliphatic carbocycles. The highest BCUT2D eigenvalue weighted by atomic mass is 35.5. The van der Waals surface area contributed by atoms with Crippen LogP contribution in [0.2, 0.25) is 5.15 Å². The molecule has 0 saturated carbocycles. The van der Waals surface area contributed by atoms with Gasteiger partial charge >= 0.3 is 5.97 Å². The number of carbonyl (C=O) groups is 2. The Labute approximate surface area is 123 Å².